The lowest BCUT2D eigenvalue weighted by atomic mass is 10.3. The molecule has 2 heterocycles. The number of nitrogens with zero attached hydrogens (tertiary/aromatic N) is 3. The van der Waals surface area contributed by atoms with Crippen molar-refractivity contribution in [2.45, 2.75) is 19.6 Å². The lowest BCUT2D eigenvalue weighted by Gasteiger charge is -2.12. The van der Waals surface area contributed by atoms with Gasteiger partial charge in [-0.3, -0.25) is 0 Å². The fraction of sp³-hybridized carbons (Fsp3) is 0.333. The molecular formula is C12H12ClF2N3O2. The second-order valence-electron chi connectivity index (χ2n) is 3.82. The number of aromatic nitrogens is 3. The van der Waals surface area contributed by atoms with Gasteiger partial charge in [-0.05, 0) is 25.1 Å². The third kappa shape index (κ3) is 2.95. The zero-order valence-corrected chi connectivity index (χ0v) is 11.3. The summed E-state index contributed by atoms with van der Waals surface area (Å²) >= 11 is 5.97. The molecule has 0 aliphatic rings. The highest BCUT2D eigenvalue weighted by atomic mass is 35.5. The van der Waals surface area contributed by atoms with Crippen molar-refractivity contribution >= 4 is 11.6 Å². The number of pyridine rings is 1. The van der Waals surface area contributed by atoms with Crippen LogP contribution in [0.25, 0.3) is 5.82 Å². The Kier molecular flexibility index (Phi) is 4.64. The molecule has 0 aliphatic carbocycles. The molecule has 2 aromatic rings. The standard InChI is InChI=1S/C12H12ClF2N3O2/c1-2-20-12(19)9-6-8(10(14)15)17-18(9)11-7(13)4-3-5-16-11/h3-6,10,12,19H,2H2,1H3. The first kappa shape index (κ1) is 14.8. The summed E-state index contributed by atoms with van der Waals surface area (Å²) in [5.74, 6) is 0.148. The molecule has 1 N–H and O–H groups in total. The molecule has 0 aromatic carbocycles. The summed E-state index contributed by atoms with van der Waals surface area (Å²) in [5, 5.41) is 13.8. The van der Waals surface area contributed by atoms with Gasteiger partial charge in [0.15, 0.2) is 12.1 Å². The van der Waals surface area contributed by atoms with E-state index in [1.165, 1.54) is 6.20 Å². The minimum atomic E-state index is -2.77. The number of alkyl halides is 2. The molecule has 0 amide bonds. The molecule has 0 bridgehead atoms. The lowest BCUT2D eigenvalue weighted by molar-refractivity contribution is -0.102. The molecule has 2 rings (SSSR count). The summed E-state index contributed by atoms with van der Waals surface area (Å²) in [6.45, 7) is 1.89. The molecule has 1 atom stereocenters. The molecule has 0 aliphatic heterocycles. The van der Waals surface area contributed by atoms with Crippen molar-refractivity contribution in [2.24, 2.45) is 0 Å². The molecule has 2 aromatic heterocycles. The van der Waals surface area contributed by atoms with E-state index in [1.54, 1.807) is 19.1 Å². The first-order valence-corrected chi connectivity index (χ1v) is 6.21. The second kappa shape index (κ2) is 6.25. The molecule has 108 valence electrons. The summed E-state index contributed by atoms with van der Waals surface area (Å²) in [4.78, 5) is 3.98. The van der Waals surface area contributed by atoms with Gasteiger partial charge in [-0.1, -0.05) is 11.6 Å². The van der Waals surface area contributed by atoms with E-state index in [1.807, 2.05) is 0 Å². The molecule has 1 unspecified atom stereocenters. The number of hydrogen-bond donors (Lipinski definition) is 1. The van der Waals surface area contributed by atoms with Gasteiger partial charge < -0.3 is 9.84 Å². The van der Waals surface area contributed by atoms with E-state index < -0.39 is 18.4 Å². The van der Waals surface area contributed by atoms with E-state index in [0.29, 0.717) is 0 Å². The highest BCUT2D eigenvalue weighted by molar-refractivity contribution is 6.32. The van der Waals surface area contributed by atoms with Crippen LogP contribution in [0, 0.1) is 0 Å². The maximum absolute atomic E-state index is 12.8. The van der Waals surface area contributed by atoms with Gasteiger partial charge >= 0.3 is 0 Å². The monoisotopic (exact) mass is 303 g/mol. The molecular weight excluding hydrogens is 292 g/mol. The predicted octanol–water partition coefficient (Wildman–Crippen LogP) is 2.89. The lowest BCUT2D eigenvalue weighted by Crippen LogP contribution is -2.11. The molecule has 5 nitrogen and oxygen atoms in total. The largest absolute Gasteiger partial charge is 0.363 e. The van der Waals surface area contributed by atoms with Crippen molar-refractivity contribution < 1.29 is 18.6 Å². The number of halogens is 3. The highest BCUT2D eigenvalue weighted by Crippen LogP contribution is 2.27. The van der Waals surface area contributed by atoms with Crippen LogP contribution in [0.1, 0.15) is 31.0 Å². The van der Waals surface area contributed by atoms with Gasteiger partial charge in [-0.2, -0.15) is 5.10 Å². The zero-order valence-electron chi connectivity index (χ0n) is 10.5. The number of rotatable bonds is 5. The van der Waals surface area contributed by atoms with Gasteiger partial charge in [0, 0.05) is 12.8 Å². The van der Waals surface area contributed by atoms with Crippen LogP contribution >= 0.6 is 11.6 Å². The second-order valence-corrected chi connectivity index (χ2v) is 4.23. The molecule has 0 spiro atoms. The zero-order chi connectivity index (χ0) is 14.7. The van der Waals surface area contributed by atoms with E-state index in [2.05, 4.69) is 10.1 Å². The average Bonchev–Trinajstić information content (AvgIpc) is 2.84. The van der Waals surface area contributed by atoms with Crippen LogP contribution in [-0.2, 0) is 4.74 Å². The molecule has 20 heavy (non-hydrogen) atoms. The third-order valence-corrected chi connectivity index (χ3v) is 2.79. The van der Waals surface area contributed by atoms with Crippen LogP contribution in [0.5, 0.6) is 0 Å². The van der Waals surface area contributed by atoms with E-state index in [0.717, 1.165) is 10.7 Å². The van der Waals surface area contributed by atoms with Crippen LogP contribution in [0.2, 0.25) is 5.02 Å². The van der Waals surface area contributed by atoms with Crippen LogP contribution < -0.4 is 0 Å². The molecule has 8 heteroatoms. The number of ether oxygens (including phenoxy) is 1. The van der Waals surface area contributed by atoms with E-state index in [-0.39, 0.29) is 23.1 Å². The van der Waals surface area contributed by atoms with E-state index in [9.17, 15) is 13.9 Å². The fourth-order valence-corrected chi connectivity index (χ4v) is 1.84. The van der Waals surface area contributed by atoms with Crippen LogP contribution in [0.15, 0.2) is 24.4 Å². The number of aliphatic hydroxyl groups excluding tert-OH is 1. The predicted molar refractivity (Wildman–Crippen MR) is 67.9 cm³/mol. The SMILES string of the molecule is CCOC(O)c1cc(C(F)F)nn1-c1ncccc1Cl. The van der Waals surface area contributed by atoms with Crippen LogP contribution in [0.4, 0.5) is 8.78 Å². The number of aliphatic hydroxyl groups is 1. The highest BCUT2D eigenvalue weighted by Gasteiger charge is 2.23. The Morgan fingerprint density at radius 2 is 2.25 bits per heavy atom. The van der Waals surface area contributed by atoms with Gasteiger partial charge in [0.1, 0.15) is 11.4 Å². The number of hydrogen-bond acceptors (Lipinski definition) is 4. The van der Waals surface area contributed by atoms with Crippen molar-refractivity contribution in [3.8, 4) is 5.82 Å². The first-order chi connectivity index (χ1) is 9.54. The Bertz CT molecular complexity index is 592. The Hall–Kier alpha value is -1.57. The quantitative estimate of drug-likeness (QED) is 0.863. The topological polar surface area (TPSA) is 60.2 Å². The molecule has 0 saturated carbocycles. The first-order valence-electron chi connectivity index (χ1n) is 5.83. The normalized spacial score (nSPS) is 12.9. The summed E-state index contributed by atoms with van der Waals surface area (Å²) < 4.78 is 31.6. The summed E-state index contributed by atoms with van der Waals surface area (Å²) in [6.07, 6.45) is -2.72. The van der Waals surface area contributed by atoms with Crippen LogP contribution in [0.3, 0.4) is 0 Å². The summed E-state index contributed by atoms with van der Waals surface area (Å²) in [7, 11) is 0. The van der Waals surface area contributed by atoms with Gasteiger partial charge in [0.05, 0.1) is 5.02 Å². The average molecular weight is 304 g/mol. The van der Waals surface area contributed by atoms with Crippen LogP contribution in [-0.4, -0.2) is 26.5 Å². The van der Waals surface area contributed by atoms with Crippen molar-refractivity contribution in [3.63, 3.8) is 0 Å². The molecule has 0 fully saturated rings. The van der Waals surface area contributed by atoms with Crippen molar-refractivity contribution in [1.29, 1.82) is 0 Å². The fourth-order valence-electron chi connectivity index (χ4n) is 1.64. The Morgan fingerprint density at radius 3 is 2.85 bits per heavy atom. The van der Waals surface area contributed by atoms with E-state index >= 15 is 0 Å². The summed E-state index contributed by atoms with van der Waals surface area (Å²) in [5.41, 5.74) is -0.441. The Balaban J connectivity index is 2.53. The van der Waals surface area contributed by atoms with Gasteiger partial charge in [-0.15, -0.1) is 0 Å². The van der Waals surface area contributed by atoms with Crippen molar-refractivity contribution in [1.82, 2.24) is 14.8 Å². The Labute approximate surface area is 118 Å². The molecule has 0 saturated heterocycles. The molecule has 0 radical (unpaired) electrons. The Morgan fingerprint density at radius 1 is 1.50 bits per heavy atom. The minimum Gasteiger partial charge on any atom is -0.363 e. The van der Waals surface area contributed by atoms with E-state index in [4.69, 9.17) is 16.3 Å². The van der Waals surface area contributed by atoms with Crippen molar-refractivity contribution in [2.75, 3.05) is 6.61 Å². The smallest absolute Gasteiger partial charge is 0.282 e. The minimum absolute atomic E-state index is 0.0442. The summed E-state index contributed by atoms with van der Waals surface area (Å²) in [6, 6.07) is 4.21. The van der Waals surface area contributed by atoms with Gasteiger partial charge in [0.2, 0.25) is 0 Å². The maximum Gasteiger partial charge on any atom is 0.282 e. The van der Waals surface area contributed by atoms with Gasteiger partial charge in [-0.25, -0.2) is 18.4 Å². The third-order valence-electron chi connectivity index (χ3n) is 2.50. The van der Waals surface area contributed by atoms with Crippen molar-refractivity contribution in [3.05, 3.63) is 40.8 Å². The maximum atomic E-state index is 12.8. The van der Waals surface area contributed by atoms with Gasteiger partial charge in [0.25, 0.3) is 6.43 Å².